The third kappa shape index (κ3) is 3.14. The van der Waals surface area contributed by atoms with E-state index < -0.39 is 0 Å². The van der Waals surface area contributed by atoms with Gasteiger partial charge in [-0.05, 0) is 24.6 Å². The van der Waals surface area contributed by atoms with Gasteiger partial charge in [-0.3, -0.25) is 0 Å². The Morgan fingerprint density at radius 1 is 1.24 bits per heavy atom. The molecule has 0 unspecified atom stereocenters. The van der Waals surface area contributed by atoms with Crippen molar-refractivity contribution >= 4 is 17.1 Å². The zero-order chi connectivity index (χ0) is 12.1. The average Bonchev–Trinajstić information content (AvgIpc) is 2.82. The number of nitrogens with two attached hydrogens (primary N) is 2. The minimum Gasteiger partial charge on any atom is -0.397 e. The largest absolute Gasteiger partial charge is 0.397 e. The number of rotatable bonds is 5. The maximum absolute atomic E-state index is 5.72. The highest BCUT2D eigenvalue weighted by Gasteiger charge is 1.96. The highest BCUT2D eigenvalue weighted by molar-refractivity contribution is 5.69. The summed E-state index contributed by atoms with van der Waals surface area (Å²) in [4.78, 5) is 3.99. The van der Waals surface area contributed by atoms with Gasteiger partial charge in [-0.2, -0.15) is 0 Å². The molecule has 0 radical (unpaired) electrons. The van der Waals surface area contributed by atoms with Crippen LogP contribution in [0.5, 0.6) is 0 Å². The smallest absolute Gasteiger partial charge is 0.0945 e. The van der Waals surface area contributed by atoms with Crippen molar-refractivity contribution < 1.29 is 0 Å². The van der Waals surface area contributed by atoms with Gasteiger partial charge in [0.25, 0.3) is 0 Å². The maximum atomic E-state index is 5.72. The summed E-state index contributed by atoms with van der Waals surface area (Å²) in [5, 5.41) is 3.31. The van der Waals surface area contributed by atoms with E-state index in [-0.39, 0.29) is 0 Å². The summed E-state index contributed by atoms with van der Waals surface area (Å²) < 4.78 is 2.05. The molecule has 17 heavy (non-hydrogen) atoms. The number of nitrogens with zero attached hydrogens (tertiary/aromatic N) is 2. The Labute approximate surface area is 100 Å². The molecule has 1 aromatic carbocycles. The Morgan fingerprint density at radius 2 is 2.12 bits per heavy atom. The van der Waals surface area contributed by atoms with Crippen LogP contribution in [0.15, 0.2) is 36.9 Å². The third-order valence-corrected chi connectivity index (χ3v) is 2.57. The van der Waals surface area contributed by atoms with E-state index >= 15 is 0 Å². The highest BCUT2D eigenvalue weighted by atomic mass is 15.0. The minimum absolute atomic E-state index is 0.615. The van der Waals surface area contributed by atoms with Crippen molar-refractivity contribution in [2.45, 2.75) is 13.0 Å². The Hall–Kier alpha value is -2.17. The number of nitrogen functional groups attached to an aromatic ring is 2. The number of anilines is 3. The van der Waals surface area contributed by atoms with Gasteiger partial charge in [0, 0.05) is 31.2 Å². The summed E-state index contributed by atoms with van der Waals surface area (Å²) in [6.07, 6.45) is 6.59. The van der Waals surface area contributed by atoms with E-state index in [1.54, 1.807) is 6.20 Å². The molecule has 2 rings (SSSR count). The molecule has 0 atom stereocenters. The first-order valence-electron chi connectivity index (χ1n) is 5.60. The second-order valence-electron chi connectivity index (χ2n) is 3.92. The fourth-order valence-electron chi connectivity index (χ4n) is 1.60. The average molecular weight is 231 g/mol. The summed E-state index contributed by atoms with van der Waals surface area (Å²) in [6.45, 7) is 1.85. The van der Waals surface area contributed by atoms with Gasteiger partial charge >= 0.3 is 0 Å². The Balaban J connectivity index is 1.76. The molecule has 5 heteroatoms. The molecule has 2 aromatic rings. The van der Waals surface area contributed by atoms with E-state index in [4.69, 9.17) is 11.5 Å². The van der Waals surface area contributed by atoms with Crippen LogP contribution in [0.2, 0.25) is 0 Å². The molecule has 5 N–H and O–H groups in total. The van der Waals surface area contributed by atoms with Crippen molar-refractivity contribution in [3.8, 4) is 0 Å². The van der Waals surface area contributed by atoms with Gasteiger partial charge in [0.05, 0.1) is 17.7 Å². The van der Waals surface area contributed by atoms with E-state index in [0.29, 0.717) is 11.4 Å². The lowest BCUT2D eigenvalue weighted by atomic mass is 10.2. The standard InChI is InChI=1S/C12H17N5/c13-11-3-2-10(8-12(11)14)16-4-1-6-17-7-5-15-9-17/h2-3,5,7-9,16H,1,4,6,13-14H2. The summed E-state index contributed by atoms with van der Waals surface area (Å²) in [6, 6.07) is 5.60. The molecule has 0 amide bonds. The minimum atomic E-state index is 0.615. The predicted molar refractivity (Wildman–Crippen MR) is 70.6 cm³/mol. The molecule has 0 aliphatic rings. The molecule has 5 nitrogen and oxygen atoms in total. The van der Waals surface area contributed by atoms with Crippen LogP contribution >= 0.6 is 0 Å². The highest BCUT2D eigenvalue weighted by Crippen LogP contribution is 2.19. The fourth-order valence-corrected chi connectivity index (χ4v) is 1.60. The zero-order valence-electron chi connectivity index (χ0n) is 9.63. The van der Waals surface area contributed by atoms with Gasteiger partial charge in [-0.25, -0.2) is 4.98 Å². The van der Waals surface area contributed by atoms with E-state index in [2.05, 4.69) is 14.9 Å². The Morgan fingerprint density at radius 3 is 2.82 bits per heavy atom. The van der Waals surface area contributed by atoms with Crippen molar-refractivity contribution in [1.82, 2.24) is 9.55 Å². The van der Waals surface area contributed by atoms with Crippen molar-refractivity contribution in [3.05, 3.63) is 36.9 Å². The van der Waals surface area contributed by atoms with Crippen molar-refractivity contribution in [3.63, 3.8) is 0 Å². The lowest BCUT2D eigenvalue weighted by Crippen LogP contribution is -2.06. The number of hydrogen-bond donors (Lipinski definition) is 3. The first-order valence-corrected chi connectivity index (χ1v) is 5.60. The number of benzene rings is 1. The first-order chi connectivity index (χ1) is 8.25. The summed E-state index contributed by atoms with van der Waals surface area (Å²) in [5.41, 5.74) is 13.6. The SMILES string of the molecule is Nc1ccc(NCCCn2ccnc2)cc1N. The molecule has 0 fully saturated rings. The van der Waals surface area contributed by atoms with Gasteiger partial charge in [-0.1, -0.05) is 0 Å². The molecular formula is C12H17N5. The van der Waals surface area contributed by atoms with Crippen molar-refractivity contribution in [2.75, 3.05) is 23.3 Å². The number of aromatic nitrogens is 2. The Bertz CT molecular complexity index is 464. The van der Waals surface area contributed by atoms with Gasteiger partial charge in [0.15, 0.2) is 0 Å². The second-order valence-corrected chi connectivity index (χ2v) is 3.92. The molecule has 0 spiro atoms. The van der Waals surface area contributed by atoms with Crippen LogP contribution in [0.25, 0.3) is 0 Å². The van der Waals surface area contributed by atoms with Crippen LogP contribution in [0.4, 0.5) is 17.1 Å². The van der Waals surface area contributed by atoms with E-state index in [1.165, 1.54) is 0 Å². The fraction of sp³-hybridized carbons (Fsp3) is 0.250. The van der Waals surface area contributed by atoms with Crippen LogP contribution in [0.1, 0.15) is 6.42 Å². The number of hydrogen-bond acceptors (Lipinski definition) is 4. The van der Waals surface area contributed by atoms with Gasteiger partial charge in [0.1, 0.15) is 0 Å². The first kappa shape index (κ1) is 11.3. The van der Waals surface area contributed by atoms with Crippen LogP contribution in [0.3, 0.4) is 0 Å². The number of aryl methyl sites for hydroxylation is 1. The maximum Gasteiger partial charge on any atom is 0.0945 e. The number of nitrogens with one attached hydrogen (secondary N) is 1. The zero-order valence-corrected chi connectivity index (χ0v) is 9.63. The van der Waals surface area contributed by atoms with Crippen molar-refractivity contribution in [2.24, 2.45) is 0 Å². The summed E-state index contributed by atoms with van der Waals surface area (Å²) >= 11 is 0. The van der Waals surface area contributed by atoms with Crippen LogP contribution < -0.4 is 16.8 Å². The topological polar surface area (TPSA) is 81.9 Å². The van der Waals surface area contributed by atoms with Gasteiger partial charge in [-0.15, -0.1) is 0 Å². The predicted octanol–water partition coefficient (Wildman–Crippen LogP) is 1.55. The quantitative estimate of drug-likeness (QED) is 0.538. The van der Waals surface area contributed by atoms with Gasteiger partial charge in [0.2, 0.25) is 0 Å². The van der Waals surface area contributed by atoms with E-state index in [1.807, 2.05) is 30.7 Å². The lowest BCUT2D eigenvalue weighted by molar-refractivity contribution is 0.661. The summed E-state index contributed by atoms with van der Waals surface area (Å²) in [7, 11) is 0. The molecule has 90 valence electrons. The third-order valence-electron chi connectivity index (χ3n) is 2.57. The summed E-state index contributed by atoms with van der Waals surface area (Å²) in [5.74, 6) is 0. The van der Waals surface area contributed by atoms with E-state index in [9.17, 15) is 0 Å². The van der Waals surface area contributed by atoms with Crippen LogP contribution in [0, 0.1) is 0 Å². The molecule has 0 aliphatic heterocycles. The molecule has 1 heterocycles. The van der Waals surface area contributed by atoms with Crippen molar-refractivity contribution in [1.29, 1.82) is 0 Å². The molecule has 0 saturated carbocycles. The Kier molecular flexibility index (Phi) is 3.49. The van der Waals surface area contributed by atoms with Gasteiger partial charge < -0.3 is 21.4 Å². The lowest BCUT2D eigenvalue weighted by Gasteiger charge is -2.08. The van der Waals surface area contributed by atoms with E-state index in [0.717, 1.165) is 25.2 Å². The van der Waals surface area contributed by atoms with Crippen LogP contribution in [-0.4, -0.2) is 16.1 Å². The molecular weight excluding hydrogens is 214 g/mol. The number of imidazole rings is 1. The monoisotopic (exact) mass is 231 g/mol. The molecule has 0 aliphatic carbocycles. The molecule has 1 aromatic heterocycles. The molecule has 0 bridgehead atoms. The van der Waals surface area contributed by atoms with Crippen LogP contribution in [-0.2, 0) is 6.54 Å². The normalized spacial score (nSPS) is 10.4. The molecule has 0 saturated heterocycles. The second kappa shape index (κ2) is 5.25.